The summed E-state index contributed by atoms with van der Waals surface area (Å²) in [6.07, 6.45) is 4.31. The second-order valence-corrected chi connectivity index (χ2v) is 4.13. The molecule has 0 saturated heterocycles. The quantitative estimate of drug-likeness (QED) is 0.768. The Bertz CT molecular complexity index is 361. The van der Waals surface area contributed by atoms with Gasteiger partial charge in [-0.15, -0.1) is 0 Å². The molecule has 1 aromatic heterocycles. The minimum Gasteiger partial charge on any atom is -0.486 e. The maximum absolute atomic E-state index is 5.75. The Labute approximate surface area is 95.5 Å². The van der Waals surface area contributed by atoms with Gasteiger partial charge < -0.3 is 14.2 Å². The lowest BCUT2D eigenvalue weighted by Crippen LogP contribution is -2.09. The second-order valence-electron chi connectivity index (χ2n) is 4.13. The van der Waals surface area contributed by atoms with Gasteiger partial charge >= 0.3 is 0 Å². The van der Waals surface area contributed by atoms with Crippen molar-refractivity contribution in [3.63, 3.8) is 0 Å². The Hall–Kier alpha value is -1.45. The van der Waals surface area contributed by atoms with Crippen LogP contribution in [0.25, 0.3) is 0 Å². The van der Waals surface area contributed by atoms with Crippen LogP contribution in [0.5, 0.6) is 17.4 Å². The first-order valence-corrected chi connectivity index (χ1v) is 5.57. The molecule has 0 aromatic carbocycles. The van der Waals surface area contributed by atoms with E-state index in [1.54, 1.807) is 13.3 Å². The van der Waals surface area contributed by atoms with Gasteiger partial charge in [-0.05, 0) is 26.7 Å². The normalized spacial score (nSPS) is 15.0. The zero-order valence-electron chi connectivity index (χ0n) is 9.90. The molecule has 1 heterocycles. The summed E-state index contributed by atoms with van der Waals surface area (Å²) in [5.41, 5.74) is 0. The van der Waals surface area contributed by atoms with Gasteiger partial charge in [0.05, 0.1) is 19.3 Å². The number of hydrogen-bond acceptors (Lipinski definition) is 4. The van der Waals surface area contributed by atoms with Crippen LogP contribution in [-0.4, -0.2) is 24.3 Å². The highest BCUT2D eigenvalue weighted by molar-refractivity contribution is 5.47. The first kappa shape index (κ1) is 11.0. The molecule has 0 atom stereocenters. The third-order valence-electron chi connectivity index (χ3n) is 2.20. The average Bonchev–Trinajstić information content (AvgIpc) is 3.04. The van der Waals surface area contributed by atoms with Gasteiger partial charge in [0.15, 0.2) is 5.75 Å². The van der Waals surface area contributed by atoms with Crippen LogP contribution in [0.4, 0.5) is 0 Å². The Morgan fingerprint density at radius 2 is 2.12 bits per heavy atom. The molecule has 1 saturated carbocycles. The number of ether oxygens (including phenoxy) is 3. The van der Waals surface area contributed by atoms with Crippen LogP contribution < -0.4 is 14.2 Å². The summed E-state index contributed by atoms with van der Waals surface area (Å²) >= 11 is 0. The van der Waals surface area contributed by atoms with Crippen molar-refractivity contribution in [1.82, 2.24) is 4.98 Å². The predicted octanol–water partition coefficient (Wildman–Crippen LogP) is 2.42. The molecule has 4 nitrogen and oxygen atoms in total. The van der Waals surface area contributed by atoms with Gasteiger partial charge in [0, 0.05) is 12.3 Å². The monoisotopic (exact) mass is 223 g/mol. The summed E-state index contributed by atoms with van der Waals surface area (Å²) in [5.74, 6) is 1.81. The molecule has 1 aliphatic rings. The molecule has 0 aliphatic heterocycles. The van der Waals surface area contributed by atoms with Crippen molar-refractivity contribution in [2.45, 2.75) is 38.9 Å². The largest absolute Gasteiger partial charge is 0.486 e. The molecule has 4 heteroatoms. The molecule has 0 amide bonds. The lowest BCUT2D eigenvalue weighted by atomic mass is 10.4. The van der Waals surface area contributed by atoms with E-state index >= 15 is 0 Å². The summed E-state index contributed by atoms with van der Waals surface area (Å²) in [4.78, 5) is 4.11. The van der Waals surface area contributed by atoms with Gasteiger partial charge in [0.2, 0.25) is 5.75 Å². The maximum atomic E-state index is 5.75. The van der Waals surface area contributed by atoms with Crippen LogP contribution in [-0.2, 0) is 0 Å². The molecule has 0 unspecified atom stereocenters. The smallest absolute Gasteiger partial charge is 0.260 e. The van der Waals surface area contributed by atoms with Crippen LogP contribution in [0, 0.1) is 0 Å². The SMILES string of the molecule is COc1nccc(OC2CC2)c1OC(C)C. The molecule has 0 spiro atoms. The van der Waals surface area contributed by atoms with Gasteiger partial charge in [0.25, 0.3) is 5.88 Å². The lowest BCUT2D eigenvalue weighted by molar-refractivity contribution is 0.204. The number of hydrogen-bond donors (Lipinski definition) is 0. The standard InChI is InChI=1S/C12H17NO3/c1-8(2)15-11-10(16-9-4-5-9)6-7-13-12(11)14-3/h6-9H,4-5H2,1-3H3. The summed E-state index contributed by atoms with van der Waals surface area (Å²) < 4.78 is 16.6. The Morgan fingerprint density at radius 3 is 2.69 bits per heavy atom. The van der Waals surface area contributed by atoms with Gasteiger partial charge in [-0.2, -0.15) is 0 Å². The Balaban J connectivity index is 2.25. The molecule has 0 bridgehead atoms. The zero-order chi connectivity index (χ0) is 11.5. The number of rotatable bonds is 5. The van der Waals surface area contributed by atoms with Crippen LogP contribution in [0.15, 0.2) is 12.3 Å². The fourth-order valence-corrected chi connectivity index (χ4v) is 1.36. The van der Waals surface area contributed by atoms with Gasteiger partial charge in [0.1, 0.15) is 0 Å². The topological polar surface area (TPSA) is 40.6 Å². The zero-order valence-corrected chi connectivity index (χ0v) is 9.90. The molecule has 0 radical (unpaired) electrons. The van der Waals surface area contributed by atoms with E-state index in [0.29, 0.717) is 17.7 Å². The highest BCUT2D eigenvalue weighted by Crippen LogP contribution is 2.39. The van der Waals surface area contributed by atoms with E-state index in [2.05, 4.69) is 4.98 Å². The van der Waals surface area contributed by atoms with E-state index < -0.39 is 0 Å². The summed E-state index contributed by atoms with van der Waals surface area (Å²) in [6, 6.07) is 1.82. The third-order valence-corrected chi connectivity index (χ3v) is 2.20. The van der Waals surface area contributed by atoms with Gasteiger partial charge in [-0.25, -0.2) is 4.98 Å². The number of nitrogens with zero attached hydrogens (tertiary/aromatic N) is 1. The summed E-state index contributed by atoms with van der Waals surface area (Å²) in [7, 11) is 1.58. The van der Waals surface area contributed by atoms with Crippen molar-refractivity contribution in [3.05, 3.63) is 12.3 Å². The maximum Gasteiger partial charge on any atom is 0.260 e. The minimum atomic E-state index is 0.0691. The van der Waals surface area contributed by atoms with Gasteiger partial charge in [-0.1, -0.05) is 0 Å². The first-order valence-electron chi connectivity index (χ1n) is 5.57. The van der Waals surface area contributed by atoms with E-state index in [9.17, 15) is 0 Å². The highest BCUT2D eigenvalue weighted by Gasteiger charge is 2.26. The van der Waals surface area contributed by atoms with E-state index in [4.69, 9.17) is 14.2 Å². The third kappa shape index (κ3) is 2.56. The average molecular weight is 223 g/mol. The van der Waals surface area contributed by atoms with E-state index in [-0.39, 0.29) is 6.10 Å². The van der Waals surface area contributed by atoms with E-state index in [1.165, 1.54) is 0 Å². The molecule has 16 heavy (non-hydrogen) atoms. The van der Waals surface area contributed by atoms with E-state index in [0.717, 1.165) is 18.6 Å². The summed E-state index contributed by atoms with van der Waals surface area (Å²) in [6.45, 7) is 3.93. The minimum absolute atomic E-state index is 0.0691. The molecular formula is C12H17NO3. The second kappa shape index (κ2) is 4.60. The van der Waals surface area contributed by atoms with Crippen LogP contribution in [0.1, 0.15) is 26.7 Å². The molecule has 1 aromatic rings. The highest BCUT2D eigenvalue weighted by atomic mass is 16.6. The first-order chi connectivity index (χ1) is 7.70. The van der Waals surface area contributed by atoms with E-state index in [1.807, 2.05) is 19.9 Å². The molecule has 2 rings (SSSR count). The van der Waals surface area contributed by atoms with Crippen molar-refractivity contribution in [3.8, 4) is 17.4 Å². The van der Waals surface area contributed by atoms with Crippen LogP contribution in [0.2, 0.25) is 0 Å². The predicted molar refractivity (Wildman–Crippen MR) is 60.2 cm³/mol. The Kier molecular flexibility index (Phi) is 3.17. The number of aromatic nitrogens is 1. The summed E-state index contributed by atoms with van der Waals surface area (Å²) in [5, 5.41) is 0. The number of methoxy groups -OCH3 is 1. The molecule has 1 aliphatic carbocycles. The molecule has 88 valence electrons. The van der Waals surface area contributed by atoms with Crippen LogP contribution >= 0.6 is 0 Å². The molecule has 1 fully saturated rings. The molecule has 0 N–H and O–H groups in total. The van der Waals surface area contributed by atoms with Crippen LogP contribution in [0.3, 0.4) is 0 Å². The van der Waals surface area contributed by atoms with Crippen molar-refractivity contribution < 1.29 is 14.2 Å². The van der Waals surface area contributed by atoms with Crippen molar-refractivity contribution in [2.24, 2.45) is 0 Å². The molecular weight excluding hydrogens is 206 g/mol. The Morgan fingerprint density at radius 1 is 1.38 bits per heavy atom. The van der Waals surface area contributed by atoms with Crippen molar-refractivity contribution in [2.75, 3.05) is 7.11 Å². The number of pyridine rings is 1. The fourth-order valence-electron chi connectivity index (χ4n) is 1.36. The van der Waals surface area contributed by atoms with Crippen molar-refractivity contribution >= 4 is 0 Å². The fraction of sp³-hybridized carbons (Fsp3) is 0.583. The van der Waals surface area contributed by atoms with Gasteiger partial charge in [-0.3, -0.25) is 0 Å². The lowest BCUT2D eigenvalue weighted by Gasteiger charge is -2.16. The van der Waals surface area contributed by atoms with Crippen molar-refractivity contribution in [1.29, 1.82) is 0 Å².